The third-order valence-electron chi connectivity index (χ3n) is 12.5. The molecule has 1 aliphatic heterocycles. The van der Waals surface area contributed by atoms with Gasteiger partial charge < -0.3 is 9.47 Å². The third-order valence-corrected chi connectivity index (χ3v) is 17.2. The summed E-state index contributed by atoms with van der Waals surface area (Å²) >= 11 is 11.1. The first kappa shape index (κ1) is 53.8. The van der Waals surface area contributed by atoms with Crippen LogP contribution in [0.2, 0.25) is 0 Å². The zero-order valence-corrected chi connectivity index (χ0v) is 43.9. The van der Waals surface area contributed by atoms with Crippen molar-refractivity contribution in [2.24, 2.45) is 23.7 Å². The number of thiocarbonyl (C=S) groups is 1. The number of rotatable bonds is 29. The summed E-state index contributed by atoms with van der Waals surface area (Å²) in [5.41, 5.74) is 0.574. The van der Waals surface area contributed by atoms with Crippen LogP contribution in [0.25, 0.3) is 28.5 Å². The largest absolute Gasteiger partial charge is 0.462 e. The second-order valence-corrected chi connectivity index (χ2v) is 22.3. The van der Waals surface area contributed by atoms with Gasteiger partial charge in [-0.3, -0.25) is 19.1 Å². The van der Waals surface area contributed by atoms with Crippen LogP contribution >= 0.6 is 58.0 Å². The molecule has 0 aliphatic carbocycles. The van der Waals surface area contributed by atoms with Crippen molar-refractivity contribution in [1.29, 1.82) is 0 Å². The molecule has 354 valence electrons. The van der Waals surface area contributed by atoms with Crippen LogP contribution in [0.4, 0.5) is 0 Å². The van der Waals surface area contributed by atoms with Crippen molar-refractivity contribution in [3.8, 4) is 9.75 Å². The van der Waals surface area contributed by atoms with E-state index >= 15 is 0 Å². The number of aromatic nitrogens is 1. The molecular formula is C51H74N2O6S5. The Bertz CT molecular complexity index is 2200. The summed E-state index contributed by atoms with van der Waals surface area (Å²) in [4.78, 5) is 61.2. The van der Waals surface area contributed by atoms with Gasteiger partial charge in [0.05, 0.1) is 48.2 Å². The number of amides is 1. The highest BCUT2D eigenvalue weighted by Gasteiger charge is 2.34. The minimum atomic E-state index is -0.477. The molecule has 0 radical (unpaired) electrons. The summed E-state index contributed by atoms with van der Waals surface area (Å²) in [6, 6.07) is 3.57. The average Bonchev–Trinajstić information content (AvgIpc) is 4.04. The number of carbonyl (C=O) groups excluding carboxylic acids is 3. The summed E-state index contributed by atoms with van der Waals surface area (Å²) in [5.74, 6) is 0.135. The lowest BCUT2D eigenvalue weighted by Gasteiger charge is -2.21. The smallest absolute Gasteiger partial charge is 0.339 e. The van der Waals surface area contributed by atoms with Crippen LogP contribution in [0.3, 0.4) is 0 Å². The number of nitrogens with zero attached hydrogens (tertiary/aromatic N) is 2. The molecule has 13 heteroatoms. The fraction of sp³-hybridized carbons (Fsp3) is 0.627. The van der Waals surface area contributed by atoms with Crippen LogP contribution in [-0.4, -0.2) is 51.4 Å². The van der Waals surface area contributed by atoms with E-state index in [1.807, 2.05) is 12.2 Å². The molecule has 4 rings (SSSR count). The van der Waals surface area contributed by atoms with Gasteiger partial charge in [0.15, 0.2) is 0 Å². The summed E-state index contributed by atoms with van der Waals surface area (Å²) in [5, 5.41) is 0. The van der Waals surface area contributed by atoms with E-state index < -0.39 is 11.9 Å². The first-order chi connectivity index (χ1) is 30.9. The summed E-state index contributed by atoms with van der Waals surface area (Å²) in [6.45, 7) is 23.3. The molecule has 0 bridgehead atoms. The summed E-state index contributed by atoms with van der Waals surface area (Å²) in [7, 11) is 0. The minimum absolute atomic E-state index is 0.0881. The monoisotopic (exact) mass is 970 g/mol. The van der Waals surface area contributed by atoms with Crippen molar-refractivity contribution in [1.82, 2.24) is 9.47 Å². The Balaban J connectivity index is 1.85. The van der Waals surface area contributed by atoms with E-state index in [0.29, 0.717) is 87.2 Å². The van der Waals surface area contributed by atoms with Gasteiger partial charge >= 0.3 is 11.9 Å². The molecule has 1 aliphatic rings. The molecule has 1 amide bonds. The maximum Gasteiger partial charge on any atom is 0.339 e. The molecule has 4 heterocycles. The van der Waals surface area contributed by atoms with Crippen LogP contribution in [0.5, 0.6) is 0 Å². The van der Waals surface area contributed by atoms with E-state index in [4.69, 9.17) is 21.7 Å². The van der Waals surface area contributed by atoms with Crippen LogP contribution in [0, 0.1) is 23.7 Å². The number of carbonyl (C=O) groups is 3. The Morgan fingerprint density at radius 1 is 0.656 bits per heavy atom. The van der Waals surface area contributed by atoms with Crippen LogP contribution in [0.15, 0.2) is 21.8 Å². The van der Waals surface area contributed by atoms with Gasteiger partial charge in [0.1, 0.15) is 4.32 Å². The molecule has 4 unspecified atom stereocenters. The van der Waals surface area contributed by atoms with Gasteiger partial charge in [0.25, 0.3) is 11.5 Å². The number of esters is 2. The number of thiophene rings is 2. The fourth-order valence-electron chi connectivity index (χ4n) is 7.96. The van der Waals surface area contributed by atoms with Gasteiger partial charge in [-0.25, -0.2) is 9.59 Å². The molecule has 3 aromatic rings. The number of hydrogen-bond donors (Lipinski definition) is 0. The average molecular weight is 971 g/mol. The number of thioether (sulfide) groups is 1. The van der Waals surface area contributed by atoms with E-state index in [9.17, 15) is 19.2 Å². The van der Waals surface area contributed by atoms with Gasteiger partial charge in [-0.05, 0) is 73.6 Å². The molecule has 3 aromatic heterocycles. The Hall–Kier alpha value is -2.84. The Kier molecular flexibility index (Phi) is 23.3. The first-order valence-electron chi connectivity index (χ1n) is 24.1. The Morgan fingerprint density at radius 2 is 1.09 bits per heavy atom. The van der Waals surface area contributed by atoms with Crippen molar-refractivity contribution in [3.63, 3.8) is 0 Å². The second-order valence-electron chi connectivity index (χ2n) is 17.4. The van der Waals surface area contributed by atoms with E-state index in [1.54, 1.807) is 21.6 Å². The van der Waals surface area contributed by atoms with Crippen molar-refractivity contribution >= 4 is 98.9 Å². The molecule has 64 heavy (non-hydrogen) atoms. The summed E-state index contributed by atoms with van der Waals surface area (Å²) in [6.07, 6.45) is 20.1. The summed E-state index contributed by atoms with van der Waals surface area (Å²) < 4.78 is 15.7. The third kappa shape index (κ3) is 15.1. The van der Waals surface area contributed by atoms with Gasteiger partial charge in [-0.15, -0.1) is 34.0 Å². The lowest BCUT2D eigenvalue weighted by atomic mass is 9.99. The zero-order valence-electron chi connectivity index (χ0n) is 39.9. The first-order valence-corrected chi connectivity index (χ1v) is 27.8. The lowest BCUT2D eigenvalue weighted by molar-refractivity contribution is -0.122. The Morgan fingerprint density at radius 3 is 1.55 bits per heavy atom. The van der Waals surface area contributed by atoms with Crippen molar-refractivity contribution in [3.05, 3.63) is 57.5 Å². The van der Waals surface area contributed by atoms with E-state index in [-0.39, 0.29) is 23.3 Å². The SMILES string of the molecule is C=c1s/c(=C\c2cc(C(=O)OCC(CC)CCCC)c(-c3sc(/C=C4\SC(=S)N(CC(CC)CCCC)C4=O)cc3C(=O)OCC(CC)CCCC)s2)c(=O)n1CC(CC)CCCC. The number of unbranched alkanes of at least 4 members (excludes halogenated alkanes) is 4. The van der Waals surface area contributed by atoms with Gasteiger partial charge in [0.2, 0.25) is 0 Å². The second kappa shape index (κ2) is 27.7. The van der Waals surface area contributed by atoms with Gasteiger partial charge in [-0.1, -0.05) is 163 Å². The molecular weight excluding hydrogens is 897 g/mol. The van der Waals surface area contributed by atoms with E-state index in [2.05, 4.69) is 62.0 Å². The highest BCUT2D eigenvalue weighted by Crippen LogP contribution is 2.43. The van der Waals surface area contributed by atoms with E-state index in [0.717, 1.165) is 103 Å². The molecule has 1 fully saturated rings. The van der Waals surface area contributed by atoms with Crippen molar-refractivity contribution < 1.29 is 23.9 Å². The number of thiazole rings is 1. The lowest BCUT2D eigenvalue weighted by Crippen LogP contribution is -2.33. The predicted octanol–water partition coefficient (Wildman–Crippen LogP) is 13.3. The molecule has 0 aromatic carbocycles. The standard InChI is InChI=1S/C51H74N2O6S5/c1-10-18-22-35(14-5)30-52-34(9)61-43(47(52)54)28-39-26-41(49(56)58-32-37(16-7)24-20-12-3)45(62-39)46-42(50(57)59-33-38(17-8)25-21-13-4)27-40(63-46)29-44-48(55)53(51(60)64-44)31-36(15-6)23-19-11-2/h26-29,35-38H,9-25,30-33H2,1-8H3/b43-28-,44-29-. The molecule has 0 saturated carbocycles. The van der Waals surface area contributed by atoms with Crippen LogP contribution in [0.1, 0.15) is 189 Å². The minimum Gasteiger partial charge on any atom is -0.462 e. The molecule has 1 saturated heterocycles. The van der Waals surface area contributed by atoms with E-state index in [1.165, 1.54) is 45.8 Å². The van der Waals surface area contributed by atoms with Gasteiger partial charge in [0, 0.05) is 22.8 Å². The van der Waals surface area contributed by atoms with Gasteiger partial charge in [-0.2, -0.15) is 0 Å². The quantitative estimate of drug-likeness (QED) is 0.0386. The van der Waals surface area contributed by atoms with Crippen LogP contribution in [-0.2, 0) is 20.8 Å². The highest BCUT2D eigenvalue weighted by atomic mass is 32.2. The number of ether oxygens (including phenoxy) is 2. The van der Waals surface area contributed by atoms with Crippen molar-refractivity contribution in [2.75, 3.05) is 19.8 Å². The number of hydrogen-bond acceptors (Lipinski definition) is 11. The Labute approximate surface area is 405 Å². The predicted molar refractivity (Wildman–Crippen MR) is 278 cm³/mol. The maximum absolute atomic E-state index is 14.3. The maximum atomic E-state index is 14.3. The molecule has 0 N–H and O–H groups in total. The fourth-order valence-corrected chi connectivity index (χ4v) is 12.6. The zero-order chi connectivity index (χ0) is 46.8. The molecule has 8 nitrogen and oxygen atoms in total. The van der Waals surface area contributed by atoms with Crippen LogP contribution < -0.4 is 14.8 Å². The highest BCUT2D eigenvalue weighted by molar-refractivity contribution is 8.26. The molecule has 0 spiro atoms. The topological polar surface area (TPSA) is 94.9 Å². The van der Waals surface area contributed by atoms with Crippen molar-refractivity contribution in [2.45, 2.75) is 165 Å². The normalized spacial score (nSPS) is 15.9. The molecule has 4 atom stereocenters.